The van der Waals surface area contributed by atoms with E-state index in [4.69, 9.17) is 9.47 Å². The molecule has 8 heteroatoms. The van der Waals surface area contributed by atoms with E-state index in [0.717, 1.165) is 17.7 Å². The van der Waals surface area contributed by atoms with Gasteiger partial charge in [0.25, 0.3) is 0 Å². The number of aryl methyl sites for hydroxylation is 2. The van der Waals surface area contributed by atoms with Crippen molar-refractivity contribution in [3.05, 3.63) is 41.6 Å². The van der Waals surface area contributed by atoms with E-state index in [0.29, 0.717) is 31.3 Å². The van der Waals surface area contributed by atoms with Crippen LogP contribution in [0.5, 0.6) is 11.6 Å². The number of sulfonamides is 1. The van der Waals surface area contributed by atoms with Crippen LogP contribution in [0.15, 0.2) is 35.2 Å². The van der Waals surface area contributed by atoms with Gasteiger partial charge in [-0.05, 0) is 44.0 Å². The van der Waals surface area contributed by atoms with Gasteiger partial charge in [0.05, 0.1) is 19.4 Å². The van der Waals surface area contributed by atoms with Gasteiger partial charge in [-0.2, -0.15) is 9.40 Å². The second kappa shape index (κ2) is 7.59. The van der Waals surface area contributed by atoms with Gasteiger partial charge >= 0.3 is 0 Å². The van der Waals surface area contributed by atoms with Crippen molar-refractivity contribution < 1.29 is 17.9 Å². The van der Waals surface area contributed by atoms with Crippen LogP contribution in [0.3, 0.4) is 0 Å². The monoisotopic (exact) mass is 377 g/mol. The van der Waals surface area contributed by atoms with Crippen LogP contribution >= 0.6 is 0 Å². The molecule has 1 aromatic carbocycles. The molecular formula is C18H23N3O4S. The SMILES string of the molecule is COc1ccc(C)cc1S(=O)(=O)N1CCC(COc2ccc(C)nn2)C1. The van der Waals surface area contributed by atoms with E-state index in [-0.39, 0.29) is 10.8 Å². The van der Waals surface area contributed by atoms with Crippen molar-refractivity contribution in [2.24, 2.45) is 5.92 Å². The molecule has 0 radical (unpaired) electrons. The number of ether oxygens (including phenoxy) is 2. The highest BCUT2D eigenvalue weighted by molar-refractivity contribution is 7.89. The fourth-order valence-corrected chi connectivity index (χ4v) is 4.71. The topological polar surface area (TPSA) is 81.6 Å². The Morgan fingerprint density at radius 1 is 1.19 bits per heavy atom. The van der Waals surface area contributed by atoms with E-state index in [2.05, 4.69) is 10.2 Å². The van der Waals surface area contributed by atoms with Crippen LogP contribution in [0, 0.1) is 19.8 Å². The summed E-state index contributed by atoms with van der Waals surface area (Å²) in [4.78, 5) is 0.214. The lowest BCUT2D eigenvalue weighted by atomic mass is 10.1. The summed E-state index contributed by atoms with van der Waals surface area (Å²) in [7, 11) is -2.12. The number of methoxy groups -OCH3 is 1. The van der Waals surface area contributed by atoms with Crippen molar-refractivity contribution in [3.8, 4) is 11.6 Å². The lowest BCUT2D eigenvalue weighted by molar-refractivity contribution is 0.244. The van der Waals surface area contributed by atoms with Gasteiger partial charge in [0.2, 0.25) is 15.9 Å². The minimum atomic E-state index is -3.60. The summed E-state index contributed by atoms with van der Waals surface area (Å²) in [5, 5.41) is 7.92. The van der Waals surface area contributed by atoms with Gasteiger partial charge in [-0.25, -0.2) is 8.42 Å². The smallest absolute Gasteiger partial charge is 0.246 e. The second-order valence-corrected chi connectivity index (χ2v) is 8.40. The molecule has 1 unspecified atom stereocenters. The molecule has 0 bridgehead atoms. The predicted molar refractivity (Wildman–Crippen MR) is 96.9 cm³/mol. The first-order valence-electron chi connectivity index (χ1n) is 8.48. The maximum absolute atomic E-state index is 13.0. The molecule has 2 aromatic rings. The van der Waals surface area contributed by atoms with E-state index >= 15 is 0 Å². The number of aromatic nitrogens is 2. The van der Waals surface area contributed by atoms with Crippen molar-refractivity contribution in [1.82, 2.24) is 14.5 Å². The van der Waals surface area contributed by atoms with Gasteiger partial charge in [0, 0.05) is 25.1 Å². The maximum Gasteiger partial charge on any atom is 0.246 e. The van der Waals surface area contributed by atoms with E-state index in [1.807, 2.05) is 26.0 Å². The van der Waals surface area contributed by atoms with Crippen LogP contribution in [0.2, 0.25) is 0 Å². The average Bonchev–Trinajstić information content (AvgIpc) is 3.11. The molecule has 1 atom stereocenters. The lowest BCUT2D eigenvalue weighted by Crippen LogP contribution is -2.30. The highest BCUT2D eigenvalue weighted by atomic mass is 32.2. The standard InChI is InChI=1S/C18H23N3O4S/c1-13-4-6-16(24-3)17(10-13)26(22,23)21-9-8-15(11-21)12-25-18-7-5-14(2)19-20-18/h4-7,10,15H,8-9,11-12H2,1-3H3. The Kier molecular flexibility index (Phi) is 5.43. The predicted octanol–water partition coefficient (Wildman–Crippen LogP) is 2.19. The first-order valence-corrected chi connectivity index (χ1v) is 9.92. The molecule has 1 aliphatic rings. The average molecular weight is 377 g/mol. The minimum absolute atomic E-state index is 0.115. The number of hydrogen-bond donors (Lipinski definition) is 0. The number of nitrogens with zero attached hydrogens (tertiary/aromatic N) is 3. The summed E-state index contributed by atoms with van der Waals surface area (Å²) in [6.45, 7) is 5.01. The molecule has 3 rings (SSSR count). The fraction of sp³-hybridized carbons (Fsp3) is 0.444. The zero-order valence-corrected chi connectivity index (χ0v) is 16.0. The molecule has 0 amide bonds. The van der Waals surface area contributed by atoms with Crippen LogP contribution in [0.1, 0.15) is 17.7 Å². The van der Waals surface area contributed by atoms with Crippen LogP contribution in [0.4, 0.5) is 0 Å². The molecular weight excluding hydrogens is 354 g/mol. The van der Waals surface area contributed by atoms with Gasteiger partial charge < -0.3 is 9.47 Å². The first kappa shape index (κ1) is 18.6. The third-order valence-corrected chi connectivity index (χ3v) is 6.31. The molecule has 2 heterocycles. The van der Waals surface area contributed by atoms with E-state index in [1.165, 1.54) is 11.4 Å². The van der Waals surface area contributed by atoms with Crippen molar-refractivity contribution in [2.75, 3.05) is 26.8 Å². The van der Waals surface area contributed by atoms with Gasteiger partial charge in [-0.15, -0.1) is 5.10 Å². The van der Waals surface area contributed by atoms with Crippen LogP contribution in [0.25, 0.3) is 0 Å². The first-order chi connectivity index (χ1) is 12.4. The summed E-state index contributed by atoms with van der Waals surface area (Å²) in [5.41, 5.74) is 1.70. The molecule has 1 saturated heterocycles. The molecule has 7 nitrogen and oxygen atoms in total. The number of rotatable bonds is 6. The van der Waals surface area contributed by atoms with E-state index < -0.39 is 10.0 Å². The number of benzene rings is 1. The zero-order valence-electron chi connectivity index (χ0n) is 15.2. The van der Waals surface area contributed by atoms with Crippen molar-refractivity contribution >= 4 is 10.0 Å². The van der Waals surface area contributed by atoms with Crippen molar-refractivity contribution in [2.45, 2.75) is 25.2 Å². The van der Waals surface area contributed by atoms with Gasteiger partial charge in [-0.1, -0.05) is 6.07 Å². The van der Waals surface area contributed by atoms with Crippen LogP contribution in [-0.2, 0) is 10.0 Å². The van der Waals surface area contributed by atoms with E-state index in [9.17, 15) is 8.42 Å². The molecule has 140 valence electrons. The molecule has 0 N–H and O–H groups in total. The molecule has 1 aromatic heterocycles. The molecule has 0 aliphatic carbocycles. The van der Waals surface area contributed by atoms with Gasteiger partial charge in [-0.3, -0.25) is 0 Å². The Bertz CT molecular complexity index is 869. The van der Waals surface area contributed by atoms with Gasteiger partial charge in [0.15, 0.2) is 0 Å². The summed E-state index contributed by atoms with van der Waals surface area (Å²) >= 11 is 0. The molecule has 0 spiro atoms. The van der Waals surface area contributed by atoms with Crippen molar-refractivity contribution in [3.63, 3.8) is 0 Å². The third kappa shape index (κ3) is 3.96. The normalized spacial score (nSPS) is 18.0. The Morgan fingerprint density at radius 2 is 2.00 bits per heavy atom. The molecule has 1 aliphatic heterocycles. The lowest BCUT2D eigenvalue weighted by Gasteiger charge is -2.19. The number of hydrogen-bond acceptors (Lipinski definition) is 6. The summed E-state index contributed by atoms with van der Waals surface area (Å²) in [6.07, 6.45) is 0.743. The summed E-state index contributed by atoms with van der Waals surface area (Å²) in [6, 6.07) is 8.77. The Balaban J connectivity index is 1.67. The Morgan fingerprint density at radius 3 is 2.69 bits per heavy atom. The fourth-order valence-electron chi connectivity index (χ4n) is 2.94. The molecule has 1 fully saturated rings. The highest BCUT2D eigenvalue weighted by Gasteiger charge is 2.34. The van der Waals surface area contributed by atoms with Gasteiger partial charge in [0.1, 0.15) is 10.6 Å². The zero-order chi connectivity index (χ0) is 18.7. The third-order valence-electron chi connectivity index (χ3n) is 4.43. The largest absolute Gasteiger partial charge is 0.495 e. The minimum Gasteiger partial charge on any atom is -0.495 e. The summed E-state index contributed by atoms with van der Waals surface area (Å²) < 4.78 is 38.4. The van der Waals surface area contributed by atoms with E-state index in [1.54, 1.807) is 18.2 Å². The summed E-state index contributed by atoms with van der Waals surface area (Å²) in [5.74, 6) is 0.936. The second-order valence-electron chi connectivity index (χ2n) is 6.50. The Labute approximate surface area is 154 Å². The van der Waals surface area contributed by atoms with Crippen LogP contribution in [-0.4, -0.2) is 49.7 Å². The van der Waals surface area contributed by atoms with Crippen LogP contribution < -0.4 is 9.47 Å². The molecule has 26 heavy (non-hydrogen) atoms. The van der Waals surface area contributed by atoms with Crippen molar-refractivity contribution in [1.29, 1.82) is 0 Å². The maximum atomic E-state index is 13.0. The molecule has 0 saturated carbocycles. The quantitative estimate of drug-likeness (QED) is 0.768. The Hall–Kier alpha value is -2.19. The highest BCUT2D eigenvalue weighted by Crippen LogP contribution is 2.31.